The number of hydrogen-bond acceptors (Lipinski definition) is 4. The molecule has 0 aliphatic carbocycles. The molecule has 0 radical (unpaired) electrons. The number of amides is 1. The lowest BCUT2D eigenvalue weighted by atomic mass is 10.1. The first-order chi connectivity index (χ1) is 10.2. The van der Waals surface area contributed by atoms with E-state index in [2.05, 4.69) is 5.32 Å². The van der Waals surface area contributed by atoms with Crippen LogP contribution in [-0.2, 0) is 16.0 Å². The third-order valence-electron chi connectivity index (χ3n) is 3.20. The van der Waals surface area contributed by atoms with Gasteiger partial charge in [-0.2, -0.15) is 11.3 Å². The number of thiophene rings is 1. The summed E-state index contributed by atoms with van der Waals surface area (Å²) < 4.78 is 10.8. The van der Waals surface area contributed by atoms with Crippen molar-refractivity contribution in [2.75, 3.05) is 20.8 Å². The van der Waals surface area contributed by atoms with Gasteiger partial charge >= 0.3 is 0 Å². The number of hydrogen-bond donors (Lipinski definition) is 1. The fraction of sp³-hybridized carbons (Fsp3) is 0.312. The minimum Gasteiger partial charge on any atom is -0.496 e. The summed E-state index contributed by atoms with van der Waals surface area (Å²) in [6.45, 7) is 0.417. The first kappa shape index (κ1) is 15.5. The van der Waals surface area contributed by atoms with Gasteiger partial charge in [0.15, 0.2) is 0 Å². The van der Waals surface area contributed by atoms with Gasteiger partial charge in [-0.05, 0) is 28.5 Å². The second-order valence-corrected chi connectivity index (χ2v) is 5.36. The highest BCUT2D eigenvalue weighted by Gasteiger charge is 2.16. The predicted octanol–water partition coefficient (Wildman–Crippen LogP) is 2.80. The van der Waals surface area contributed by atoms with Crippen LogP contribution in [-0.4, -0.2) is 26.7 Å². The molecule has 1 amide bonds. The first-order valence-corrected chi connectivity index (χ1v) is 7.62. The monoisotopic (exact) mass is 305 g/mol. The van der Waals surface area contributed by atoms with Gasteiger partial charge in [-0.15, -0.1) is 0 Å². The molecule has 0 fully saturated rings. The molecule has 0 saturated heterocycles. The Bertz CT molecular complexity index is 569. The van der Waals surface area contributed by atoms with E-state index in [4.69, 9.17) is 9.47 Å². The van der Waals surface area contributed by atoms with Crippen molar-refractivity contribution < 1.29 is 14.3 Å². The molecule has 1 N–H and O–H groups in total. The molecule has 1 atom stereocenters. The van der Waals surface area contributed by atoms with Crippen LogP contribution in [0.5, 0.6) is 5.75 Å². The number of nitrogens with one attached hydrogen (secondary N) is 1. The summed E-state index contributed by atoms with van der Waals surface area (Å²) in [5.41, 5.74) is 1.96. The maximum absolute atomic E-state index is 11.9. The Balaban J connectivity index is 1.94. The molecule has 2 rings (SSSR count). The normalized spacial score (nSPS) is 11.9. The number of methoxy groups -OCH3 is 2. The number of carbonyl (C=O) groups excluding carboxylic acids is 1. The zero-order valence-electron chi connectivity index (χ0n) is 12.2. The molecule has 0 spiro atoms. The fourth-order valence-electron chi connectivity index (χ4n) is 2.10. The Morgan fingerprint density at radius 2 is 2.10 bits per heavy atom. The predicted molar refractivity (Wildman–Crippen MR) is 83.8 cm³/mol. The average Bonchev–Trinajstić information content (AvgIpc) is 3.01. The van der Waals surface area contributed by atoms with Crippen LogP contribution >= 0.6 is 11.3 Å². The number of rotatable bonds is 7. The van der Waals surface area contributed by atoms with Crippen molar-refractivity contribution in [2.24, 2.45) is 0 Å². The SMILES string of the molecule is COc1ccccc1[C@@H](CNC(=O)Cc1ccsc1)OC. The molecule has 1 aromatic heterocycles. The van der Waals surface area contributed by atoms with Gasteiger partial charge in [-0.1, -0.05) is 18.2 Å². The summed E-state index contributed by atoms with van der Waals surface area (Å²) in [7, 11) is 3.25. The van der Waals surface area contributed by atoms with E-state index in [1.807, 2.05) is 41.1 Å². The van der Waals surface area contributed by atoms with Crippen LogP contribution in [0.3, 0.4) is 0 Å². The molecule has 0 aliphatic rings. The van der Waals surface area contributed by atoms with Gasteiger partial charge in [0.1, 0.15) is 11.9 Å². The van der Waals surface area contributed by atoms with Gasteiger partial charge < -0.3 is 14.8 Å². The molecule has 2 aromatic rings. The second kappa shape index (κ2) is 7.81. The van der Waals surface area contributed by atoms with E-state index in [1.54, 1.807) is 25.6 Å². The highest BCUT2D eigenvalue weighted by atomic mass is 32.1. The number of ether oxygens (including phenoxy) is 2. The molecule has 0 aliphatic heterocycles. The van der Waals surface area contributed by atoms with Crippen LogP contribution in [0.15, 0.2) is 41.1 Å². The molecule has 21 heavy (non-hydrogen) atoms. The number of para-hydroxylation sites is 1. The standard InChI is InChI=1S/C16H19NO3S/c1-19-14-6-4-3-5-13(14)15(20-2)10-17-16(18)9-12-7-8-21-11-12/h3-8,11,15H,9-10H2,1-2H3,(H,17,18)/t15-/m1/s1. The van der Waals surface area contributed by atoms with E-state index in [9.17, 15) is 4.79 Å². The lowest BCUT2D eigenvalue weighted by Crippen LogP contribution is -2.30. The number of benzene rings is 1. The lowest BCUT2D eigenvalue weighted by Gasteiger charge is -2.19. The molecule has 4 nitrogen and oxygen atoms in total. The second-order valence-electron chi connectivity index (χ2n) is 4.58. The van der Waals surface area contributed by atoms with Gasteiger partial charge in [-0.25, -0.2) is 0 Å². The Labute approximate surface area is 128 Å². The largest absolute Gasteiger partial charge is 0.496 e. The van der Waals surface area contributed by atoms with Crippen molar-refractivity contribution >= 4 is 17.2 Å². The van der Waals surface area contributed by atoms with Gasteiger partial charge in [0.2, 0.25) is 5.91 Å². The summed E-state index contributed by atoms with van der Waals surface area (Å²) >= 11 is 1.59. The quantitative estimate of drug-likeness (QED) is 0.855. The summed E-state index contributed by atoms with van der Waals surface area (Å²) in [6, 6.07) is 9.62. The average molecular weight is 305 g/mol. The van der Waals surface area contributed by atoms with Crippen molar-refractivity contribution in [1.29, 1.82) is 0 Å². The van der Waals surface area contributed by atoms with E-state index >= 15 is 0 Å². The molecular weight excluding hydrogens is 286 g/mol. The van der Waals surface area contributed by atoms with Crippen LogP contribution in [0.1, 0.15) is 17.2 Å². The maximum Gasteiger partial charge on any atom is 0.224 e. The lowest BCUT2D eigenvalue weighted by molar-refractivity contribution is -0.121. The Morgan fingerprint density at radius 1 is 1.29 bits per heavy atom. The molecule has 0 unspecified atom stereocenters. The molecule has 112 valence electrons. The van der Waals surface area contributed by atoms with Crippen LogP contribution in [0.2, 0.25) is 0 Å². The van der Waals surface area contributed by atoms with Gasteiger partial charge in [0, 0.05) is 19.2 Å². The van der Waals surface area contributed by atoms with Gasteiger partial charge in [0.05, 0.1) is 13.5 Å². The molecule has 0 bridgehead atoms. The summed E-state index contributed by atoms with van der Waals surface area (Å²) in [5.74, 6) is 0.752. The summed E-state index contributed by atoms with van der Waals surface area (Å²) in [6.07, 6.45) is 0.166. The molecular formula is C16H19NO3S. The van der Waals surface area contributed by atoms with Gasteiger partial charge in [-0.3, -0.25) is 4.79 Å². The summed E-state index contributed by atoms with van der Waals surface area (Å²) in [4.78, 5) is 11.9. The smallest absolute Gasteiger partial charge is 0.224 e. The maximum atomic E-state index is 11.9. The molecule has 0 saturated carbocycles. The van der Waals surface area contributed by atoms with Crippen LogP contribution in [0.4, 0.5) is 0 Å². The van der Waals surface area contributed by atoms with Gasteiger partial charge in [0.25, 0.3) is 0 Å². The highest BCUT2D eigenvalue weighted by molar-refractivity contribution is 7.07. The van der Waals surface area contributed by atoms with Crippen molar-refractivity contribution in [1.82, 2.24) is 5.32 Å². The zero-order valence-corrected chi connectivity index (χ0v) is 13.0. The van der Waals surface area contributed by atoms with E-state index < -0.39 is 0 Å². The number of carbonyl (C=O) groups is 1. The van der Waals surface area contributed by atoms with Crippen molar-refractivity contribution in [2.45, 2.75) is 12.5 Å². The Morgan fingerprint density at radius 3 is 2.76 bits per heavy atom. The topological polar surface area (TPSA) is 47.6 Å². The zero-order chi connectivity index (χ0) is 15.1. The third kappa shape index (κ3) is 4.31. The van der Waals surface area contributed by atoms with Crippen LogP contribution in [0, 0.1) is 0 Å². The fourth-order valence-corrected chi connectivity index (χ4v) is 2.77. The van der Waals surface area contributed by atoms with E-state index in [0.29, 0.717) is 13.0 Å². The van der Waals surface area contributed by atoms with Crippen LogP contribution < -0.4 is 10.1 Å². The Kier molecular flexibility index (Phi) is 5.78. The van der Waals surface area contributed by atoms with Crippen molar-refractivity contribution in [3.05, 3.63) is 52.2 Å². The van der Waals surface area contributed by atoms with Crippen LogP contribution in [0.25, 0.3) is 0 Å². The first-order valence-electron chi connectivity index (χ1n) is 6.68. The van der Waals surface area contributed by atoms with Crippen molar-refractivity contribution in [3.8, 4) is 5.75 Å². The Hall–Kier alpha value is -1.85. The molecule has 1 aromatic carbocycles. The molecule has 5 heteroatoms. The van der Waals surface area contributed by atoms with E-state index in [0.717, 1.165) is 16.9 Å². The minimum absolute atomic E-state index is 0.00894. The summed E-state index contributed by atoms with van der Waals surface area (Å²) in [5, 5.41) is 6.85. The third-order valence-corrected chi connectivity index (χ3v) is 3.93. The minimum atomic E-state index is -0.229. The van der Waals surface area contributed by atoms with Crippen molar-refractivity contribution in [3.63, 3.8) is 0 Å². The van der Waals surface area contributed by atoms with E-state index in [-0.39, 0.29) is 12.0 Å². The highest BCUT2D eigenvalue weighted by Crippen LogP contribution is 2.26. The van der Waals surface area contributed by atoms with E-state index in [1.165, 1.54) is 0 Å². The molecule has 1 heterocycles.